The van der Waals surface area contributed by atoms with E-state index in [4.69, 9.17) is 9.72 Å². The molecule has 0 saturated carbocycles. The summed E-state index contributed by atoms with van der Waals surface area (Å²) in [5.74, 6) is 1.87. The third kappa shape index (κ3) is 5.12. The number of hydrogen-bond donors (Lipinski definition) is 1. The number of rotatable bonds is 7. The lowest BCUT2D eigenvalue weighted by molar-refractivity contribution is 0.0950. The van der Waals surface area contributed by atoms with Crippen molar-refractivity contribution in [1.29, 1.82) is 0 Å². The minimum Gasteiger partial charge on any atom is -0.495 e. The van der Waals surface area contributed by atoms with Gasteiger partial charge in [-0.2, -0.15) is 0 Å². The number of carbonyl (C=O) groups is 1. The van der Waals surface area contributed by atoms with E-state index in [1.54, 1.807) is 19.5 Å². The zero-order valence-corrected chi connectivity index (χ0v) is 20.2. The summed E-state index contributed by atoms with van der Waals surface area (Å²) in [7, 11) is 1.69. The summed E-state index contributed by atoms with van der Waals surface area (Å²) in [5, 5.41) is 2.97. The molecule has 1 aliphatic heterocycles. The van der Waals surface area contributed by atoms with Gasteiger partial charge in [-0.05, 0) is 24.3 Å². The molecule has 4 aromatic rings. The first kappa shape index (κ1) is 23.3. The summed E-state index contributed by atoms with van der Waals surface area (Å²) in [6.07, 6.45) is 3.34. The van der Waals surface area contributed by atoms with Crippen molar-refractivity contribution in [3.63, 3.8) is 0 Å². The van der Waals surface area contributed by atoms with Crippen molar-refractivity contribution in [2.45, 2.75) is 6.54 Å². The first-order valence-corrected chi connectivity index (χ1v) is 12.0. The molecule has 1 aliphatic rings. The summed E-state index contributed by atoms with van der Waals surface area (Å²) >= 11 is 0. The molecule has 0 spiro atoms. The molecule has 1 amide bonds. The molecule has 2 aromatic heterocycles. The van der Waals surface area contributed by atoms with Crippen LogP contribution in [-0.2, 0) is 6.54 Å². The van der Waals surface area contributed by atoms with Crippen molar-refractivity contribution in [2.75, 3.05) is 43.1 Å². The molecule has 8 heteroatoms. The number of ether oxygens (including phenoxy) is 1. The largest absolute Gasteiger partial charge is 0.495 e. The van der Waals surface area contributed by atoms with Crippen LogP contribution in [0.25, 0.3) is 11.4 Å². The van der Waals surface area contributed by atoms with Crippen molar-refractivity contribution in [2.24, 2.45) is 0 Å². The molecule has 0 bridgehead atoms. The van der Waals surface area contributed by atoms with Gasteiger partial charge in [0.2, 0.25) is 0 Å². The number of piperazine rings is 1. The van der Waals surface area contributed by atoms with E-state index in [-0.39, 0.29) is 5.91 Å². The third-order valence-electron chi connectivity index (χ3n) is 6.21. The Bertz CT molecular complexity index is 1310. The monoisotopic (exact) mass is 480 g/mol. The van der Waals surface area contributed by atoms with Crippen LogP contribution < -0.4 is 19.9 Å². The second-order valence-electron chi connectivity index (χ2n) is 8.45. The lowest BCUT2D eigenvalue weighted by Crippen LogP contribution is -2.47. The topological polar surface area (TPSA) is 83.5 Å². The summed E-state index contributed by atoms with van der Waals surface area (Å²) in [6, 6.07) is 23.5. The second kappa shape index (κ2) is 10.9. The number of anilines is 2. The van der Waals surface area contributed by atoms with E-state index >= 15 is 0 Å². The van der Waals surface area contributed by atoms with Gasteiger partial charge in [0.05, 0.1) is 25.0 Å². The van der Waals surface area contributed by atoms with Crippen molar-refractivity contribution in [3.8, 4) is 17.1 Å². The summed E-state index contributed by atoms with van der Waals surface area (Å²) < 4.78 is 5.55. The number of benzene rings is 2. The van der Waals surface area contributed by atoms with E-state index < -0.39 is 0 Å². The standard InChI is InChI=1S/C28H28N6O2/c1-36-25-13-6-5-12-24(25)33-15-17-34(18-16-33)27-23(28(35)31-19-22-11-7-8-14-29-22)20-30-26(32-27)21-9-3-2-4-10-21/h2-14,20H,15-19H2,1H3,(H,31,35). The Morgan fingerprint density at radius 1 is 0.889 bits per heavy atom. The van der Waals surface area contributed by atoms with Crippen LogP contribution in [-0.4, -0.2) is 54.1 Å². The average Bonchev–Trinajstić information content (AvgIpc) is 2.96. The highest BCUT2D eigenvalue weighted by Gasteiger charge is 2.25. The van der Waals surface area contributed by atoms with Gasteiger partial charge in [-0.1, -0.05) is 48.5 Å². The number of nitrogens with zero attached hydrogens (tertiary/aromatic N) is 5. The number of nitrogens with one attached hydrogen (secondary N) is 1. The van der Waals surface area contributed by atoms with Crippen molar-refractivity contribution in [3.05, 3.63) is 96.4 Å². The van der Waals surface area contributed by atoms with Crippen LogP contribution in [0.1, 0.15) is 16.1 Å². The van der Waals surface area contributed by atoms with E-state index in [1.807, 2.05) is 66.7 Å². The fraction of sp³-hybridized carbons (Fsp3) is 0.214. The molecule has 0 unspecified atom stereocenters. The van der Waals surface area contributed by atoms with E-state index in [9.17, 15) is 4.79 Å². The number of amides is 1. The lowest BCUT2D eigenvalue weighted by atomic mass is 10.1. The van der Waals surface area contributed by atoms with Crippen LogP contribution in [0.4, 0.5) is 11.5 Å². The van der Waals surface area contributed by atoms with Gasteiger partial charge in [-0.3, -0.25) is 9.78 Å². The smallest absolute Gasteiger partial charge is 0.256 e. The molecule has 0 atom stereocenters. The molecule has 1 N–H and O–H groups in total. The summed E-state index contributed by atoms with van der Waals surface area (Å²) in [5.41, 5.74) is 3.23. The molecule has 8 nitrogen and oxygen atoms in total. The first-order chi connectivity index (χ1) is 17.7. The highest BCUT2D eigenvalue weighted by molar-refractivity contribution is 5.99. The fourth-order valence-corrected chi connectivity index (χ4v) is 4.32. The van der Waals surface area contributed by atoms with Crippen LogP contribution in [0.2, 0.25) is 0 Å². The first-order valence-electron chi connectivity index (χ1n) is 12.0. The van der Waals surface area contributed by atoms with E-state index in [0.717, 1.165) is 35.8 Å². The number of para-hydroxylation sites is 2. The van der Waals surface area contributed by atoms with Gasteiger partial charge in [0.25, 0.3) is 5.91 Å². The van der Waals surface area contributed by atoms with E-state index in [0.29, 0.717) is 36.8 Å². The molecule has 2 aromatic carbocycles. The zero-order valence-electron chi connectivity index (χ0n) is 20.2. The van der Waals surface area contributed by atoms with Crippen LogP contribution in [0.15, 0.2) is 85.2 Å². The molecular formula is C28H28N6O2. The van der Waals surface area contributed by atoms with Gasteiger partial charge < -0.3 is 19.9 Å². The molecular weight excluding hydrogens is 452 g/mol. The minimum absolute atomic E-state index is 0.220. The summed E-state index contributed by atoms with van der Waals surface area (Å²) in [6.45, 7) is 3.31. The quantitative estimate of drug-likeness (QED) is 0.431. The predicted octanol–water partition coefficient (Wildman–Crippen LogP) is 3.80. The maximum Gasteiger partial charge on any atom is 0.256 e. The van der Waals surface area contributed by atoms with E-state index in [1.165, 1.54) is 0 Å². The number of pyridine rings is 1. The molecule has 1 fully saturated rings. The number of hydrogen-bond acceptors (Lipinski definition) is 7. The third-order valence-corrected chi connectivity index (χ3v) is 6.21. The highest BCUT2D eigenvalue weighted by atomic mass is 16.5. The van der Waals surface area contributed by atoms with Gasteiger partial charge in [-0.15, -0.1) is 0 Å². The van der Waals surface area contributed by atoms with Crippen LogP contribution in [0.3, 0.4) is 0 Å². The Balaban J connectivity index is 1.39. The maximum atomic E-state index is 13.2. The Labute approximate surface area is 210 Å². The highest BCUT2D eigenvalue weighted by Crippen LogP contribution is 2.30. The SMILES string of the molecule is COc1ccccc1N1CCN(c2nc(-c3ccccc3)ncc2C(=O)NCc2ccccn2)CC1. The molecule has 3 heterocycles. The zero-order chi connectivity index (χ0) is 24.7. The fourth-order valence-electron chi connectivity index (χ4n) is 4.32. The normalized spacial score (nSPS) is 13.4. The van der Waals surface area contributed by atoms with Gasteiger partial charge in [0.1, 0.15) is 17.1 Å². The number of aromatic nitrogens is 3. The molecule has 36 heavy (non-hydrogen) atoms. The van der Waals surface area contributed by atoms with Crippen LogP contribution in [0.5, 0.6) is 5.75 Å². The minimum atomic E-state index is -0.220. The number of methoxy groups -OCH3 is 1. The molecule has 182 valence electrons. The lowest BCUT2D eigenvalue weighted by Gasteiger charge is -2.37. The van der Waals surface area contributed by atoms with Crippen LogP contribution >= 0.6 is 0 Å². The van der Waals surface area contributed by atoms with E-state index in [2.05, 4.69) is 31.2 Å². The maximum absolute atomic E-state index is 13.2. The molecule has 0 radical (unpaired) electrons. The average molecular weight is 481 g/mol. The Morgan fingerprint density at radius 3 is 2.36 bits per heavy atom. The Morgan fingerprint density at radius 2 is 1.61 bits per heavy atom. The molecule has 5 rings (SSSR count). The summed E-state index contributed by atoms with van der Waals surface area (Å²) in [4.78, 5) is 31.4. The van der Waals surface area contributed by atoms with Gasteiger partial charge in [0.15, 0.2) is 5.82 Å². The van der Waals surface area contributed by atoms with Crippen molar-refractivity contribution in [1.82, 2.24) is 20.3 Å². The molecule has 0 aliphatic carbocycles. The van der Waals surface area contributed by atoms with Gasteiger partial charge >= 0.3 is 0 Å². The Hall–Kier alpha value is -4.46. The predicted molar refractivity (Wildman–Crippen MR) is 140 cm³/mol. The van der Waals surface area contributed by atoms with Crippen molar-refractivity contribution >= 4 is 17.4 Å². The Kier molecular flexibility index (Phi) is 7.02. The number of carbonyl (C=O) groups excluding carboxylic acids is 1. The second-order valence-corrected chi connectivity index (χ2v) is 8.45. The molecule has 1 saturated heterocycles. The van der Waals surface area contributed by atoms with Crippen LogP contribution in [0, 0.1) is 0 Å². The van der Waals surface area contributed by atoms with Crippen molar-refractivity contribution < 1.29 is 9.53 Å². The van der Waals surface area contributed by atoms with Gasteiger partial charge in [0, 0.05) is 44.1 Å². The van der Waals surface area contributed by atoms with Gasteiger partial charge in [-0.25, -0.2) is 9.97 Å².